The summed E-state index contributed by atoms with van der Waals surface area (Å²) in [6, 6.07) is 24.1. The maximum atomic E-state index is 13.2. The molecule has 0 saturated carbocycles. The molecule has 284 valence electrons. The van der Waals surface area contributed by atoms with Crippen LogP contribution in [0.1, 0.15) is 36.1 Å². The van der Waals surface area contributed by atoms with Crippen molar-refractivity contribution in [2.45, 2.75) is 37.5 Å². The van der Waals surface area contributed by atoms with Crippen LogP contribution >= 0.6 is 35.0 Å². The van der Waals surface area contributed by atoms with E-state index in [0.717, 1.165) is 54.3 Å². The number of benzene rings is 4. The number of aryl methyl sites for hydroxylation is 2. The number of carbonyl (C=O) groups is 4. The second-order valence-corrected chi connectivity index (χ2v) is 15.7. The van der Waals surface area contributed by atoms with Crippen LogP contribution in [0, 0.1) is 13.8 Å². The zero-order chi connectivity index (χ0) is 39.2. The van der Waals surface area contributed by atoms with Crippen LogP contribution in [0.3, 0.4) is 0 Å². The van der Waals surface area contributed by atoms with E-state index in [9.17, 15) is 19.2 Å². The van der Waals surface area contributed by atoms with Crippen LogP contribution in [0.25, 0.3) is 34.4 Å². The van der Waals surface area contributed by atoms with Crippen LogP contribution in [-0.2, 0) is 19.2 Å². The molecule has 0 aliphatic carbocycles. The van der Waals surface area contributed by atoms with Crippen molar-refractivity contribution in [2.24, 2.45) is 0 Å². The standard InChI is InChI=1S/C44H44Cl2N4O4S/c1-29-5-9-33(10-6-29)41-35(15-19-39(53)49-25-21-47(22-26-49)31(3)51)13-17-37(43(41)45)55-38-18-14-36(42(44(38)46)34-11-7-30(2)8-12-34)16-20-40(54)50-27-23-48(24-28-50)32(4)52/h5-20H,21-28H2,1-4H3. The fraction of sp³-hybridized carbons (Fsp3) is 0.273. The van der Waals surface area contributed by atoms with Gasteiger partial charge < -0.3 is 19.6 Å². The van der Waals surface area contributed by atoms with Gasteiger partial charge in [-0.3, -0.25) is 19.2 Å². The molecular weight excluding hydrogens is 751 g/mol. The molecule has 0 spiro atoms. The molecule has 2 aliphatic heterocycles. The molecule has 2 heterocycles. The minimum Gasteiger partial charge on any atom is -0.339 e. The summed E-state index contributed by atoms with van der Waals surface area (Å²) in [5.41, 5.74) is 7.26. The average Bonchev–Trinajstić information content (AvgIpc) is 3.18. The van der Waals surface area contributed by atoms with Gasteiger partial charge in [-0.2, -0.15) is 0 Å². The largest absolute Gasteiger partial charge is 0.339 e. The number of amides is 4. The third-order valence-corrected chi connectivity index (χ3v) is 12.2. The van der Waals surface area contributed by atoms with E-state index in [4.69, 9.17) is 23.2 Å². The van der Waals surface area contributed by atoms with Gasteiger partial charge in [-0.15, -0.1) is 0 Å². The van der Waals surface area contributed by atoms with Crippen LogP contribution in [0.2, 0.25) is 10.0 Å². The van der Waals surface area contributed by atoms with Gasteiger partial charge in [-0.05, 0) is 60.4 Å². The Morgan fingerprint density at radius 1 is 0.509 bits per heavy atom. The SMILES string of the molecule is CC(=O)N1CCN(C(=O)C=Cc2ccc(Sc3ccc(C=CC(=O)N4CCN(C(C)=O)CC4)c(-c4ccc(C)cc4)c3Cl)c(Cl)c2-c2ccc(C)cc2)CC1. The van der Waals surface area contributed by atoms with E-state index >= 15 is 0 Å². The summed E-state index contributed by atoms with van der Waals surface area (Å²) in [6.45, 7) is 11.2. The lowest BCUT2D eigenvalue weighted by molar-refractivity contribution is -0.135. The lowest BCUT2D eigenvalue weighted by Crippen LogP contribution is -2.49. The summed E-state index contributed by atoms with van der Waals surface area (Å²) in [4.78, 5) is 58.6. The topological polar surface area (TPSA) is 81.2 Å². The molecular formula is C44H44Cl2N4O4S. The van der Waals surface area contributed by atoms with E-state index in [1.807, 2.05) is 98.8 Å². The van der Waals surface area contributed by atoms with Crippen molar-refractivity contribution < 1.29 is 19.2 Å². The zero-order valence-corrected chi connectivity index (χ0v) is 33.8. The highest BCUT2D eigenvalue weighted by Crippen LogP contribution is 2.46. The van der Waals surface area contributed by atoms with E-state index in [1.165, 1.54) is 11.8 Å². The summed E-state index contributed by atoms with van der Waals surface area (Å²) < 4.78 is 0. The Morgan fingerprint density at radius 2 is 0.836 bits per heavy atom. The molecule has 4 amide bonds. The van der Waals surface area contributed by atoms with Gasteiger partial charge in [0.1, 0.15) is 0 Å². The smallest absolute Gasteiger partial charge is 0.246 e. The third-order valence-electron chi connectivity index (χ3n) is 10.1. The first-order valence-electron chi connectivity index (χ1n) is 18.3. The van der Waals surface area contributed by atoms with Crippen molar-refractivity contribution >= 4 is 70.7 Å². The van der Waals surface area contributed by atoms with Gasteiger partial charge in [0.05, 0.1) is 10.0 Å². The van der Waals surface area contributed by atoms with Gasteiger partial charge >= 0.3 is 0 Å². The maximum absolute atomic E-state index is 13.2. The summed E-state index contributed by atoms with van der Waals surface area (Å²) in [5, 5.41) is 1.07. The predicted octanol–water partition coefficient (Wildman–Crippen LogP) is 8.50. The quantitative estimate of drug-likeness (QED) is 0.167. The molecule has 0 unspecified atom stereocenters. The first-order valence-corrected chi connectivity index (χ1v) is 19.9. The molecule has 2 aliphatic rings. The van der Waals surface area contributed by atoms with E-state index in [0.29, 0.717) is 62.4 Å². The number of carbonyl (C=O) groups excluding carboxylic acids is 4. The summed E-state index contributed by atoms with van der Waals surface area (Å²) in [5.74, 6) is -0.199. The predicted molar refractivity (Wildman–Crippen MR) is 223 cm³/mol. The Bertz CT molecular complexity index is 2000. The zero-order valence-electron chi connectivity index (χ0n) is 31.5. The normalized spacial score (nSPS) is 14.9. The highest BCUT2D eigenvalue weighted by atomic mass is 35.5. The van der Waals surface area contributed by atoms with Gasteiger partial charge in [0.25, 0.3) is 0 Å². The molecule has 8 nitrogen and oxygen atoms in total. The fourth-order valence-electron chi connectivity index (χ4n) is 6.74. The lowest BCUT2D eigenvalue weighted by atomic mass is 9.98. The summed E-state index contributed by atoms with van der Waals surface area (Å²) in [7, 11) is 0. The monoisotopic (exact) mass is 794 g/mol. The first kappa shape index (κ1) is 39.9. The maximum Gasteiger partial charge on any atom is 0.246 e. The first-order chi connectivity index (χ1) is 26.4. The molecule has 0 N–H and O–H groups in total. The van der Waals surface area contributed by atoms with Crippen molar-refractivity contribution in [1.29, 1.82) is 0 Å². The summed E-state index contributed by atoms with van der Waals surface area (Å²) in [6.07, 6.45) is 6.77. The average molecular weight is 796 g/mol. The van der Waals surface area contributed by atoms with Gasteiger partial charge in [0, 0.05) is 99.3 Å². The Balaban J connectivity index is 1.31. The van der Waals surface area contributed by atoms with Gasteiger partial charge in [-0.1, -0.05) is 107 Å². The van der Waals surface area contributed by atoms with Crippen LogP contribution in [0.4, 0.5) is 0 Å². The number of piperazine rings is 2. The highest BCUT2D eigenvalue weighted by molar-refractivity contribution is 7.99. The van der Waals surface area contributed by atoms with E-state index in [-0.39, 0.29) is 23.6 Å². The van der Waals surface area contributed by atoms with Crippen LogP contribution < -0.4 is 0 Å². The number of halogens is 2. The Labute approximate surface area is 337 Å². The number of hydrogen-bond donors (Lipinski definition) is 0. The summed E-state index contributed by atoms with van der Waals surface area (Å²) >= 11 is 16.0. The Morgan fingerprint density at radius 3 is 1.16 bits per heavy atom. The molecule has 11 heteroatoms. The minimum atomic E-state index is -0.116. The minimum absolute atomic E-state index is 0.0168. The van der Waals surface area contributed by atoms with Gasteiger partial charge in [0.15, 0.2) is 0 Å². The Kier molecular flexibility index (Phi) is 12.9. The van der Waals surface area contributed by atoms with E-state index in [1.54, 1.807) is 45.6 Å². The molecule has 4 aromatic rings. The van der Waals surface area contributed by atoms with E-state index in [2.05, 4.69) is 0 Å². The third kappa shape index (κ3) is 9.53. The number of nitrogens with zero attached hydrogens (tertiary/aromatic N) is 4. The fourth-order valence-corrected chi connectivity index (χ4v) is 8.43. The molecule has 55 heavy (non-hydrogen) atoms. The molecule has 2 saturated heterocycles. The number of rotatable bonds is 8. The van der Waals surface area contributed by atoms with Gasteiger partial charge in [-0.25, -0.2) is 0 Å². The lowest BCUT2D eigenvalue weighted by Gasteiger charge is -2.33. The van der Waals surface area contributed by atoms with Crippen molar-refractivity contribution in [3.8, 4) is 22.3 Å². The van der Waals surface area contributed by atoms with Crippen molar-refractivity contribution in [2.75, 3.05) is 52.4 Å². The second kappa shape index (κ2) is 17.8. The van der Waals surface area contributed by atoms with Crippen molar-refractivity contribution in [3.63, 3.8) is 0 Å². The molecule has 0 aromatic heterocycles. The van der Waals surface area contributed by atoms with Crippen molar-refractivity contribution in [3.05, 3.63) is 117 Å². The number of hydrogen-bond acceptors (Lipinski definition) is 5. The molecule has 4 aromatic carbocycles. The van der Waals surface area contributed by atoms with E-state index < -0.39 is 0 Å². The molecule has 0 radical (unpaired) electrons. The molecule has 6 rings (SSSR count). The highest BCUT2D eigenvalue weighted by Gasteiger charge is 2.23. The van der Waals surface area contributed by atoms with Crippen LogP contribution in [-0.4, -0.2) is 95.6 Å². The van der Waals surface area contributed by atoms with Crippen LogP contribution in [0.5, 0.6) is 0 Å². The van der Waals surface area contributed by atoms with Crippen LogP contribution in [0.15, 0.2) is 94.7 Å². The molecule has 0 atom stereocenters. The second-order valence-electron chi connectivity index (χ2n) is 13.8. The van der Waals surface area contributed by atoms with Gasteiger partial charge in [0.2, 0.25) is 23.6 Å². The molecule has 2 fully saturated rings. The van der Waals surface area contributed by atoms with Crippen molar-refractivity contribution in [1.82, 2.24) is 19.6 Å². The molecule has 0 bridgehead atoms. The Hall–Kier alpha value is -4.83.